The van der Waals surface area contributed by atoms with E-state index in [0.717, 1.165) is 84.4 Å². The third kappa shape index (κ3) is 6.34. The van der Waals surface area contributed by atoms with Crippen LogP contribution >= 0.6 is 11.3 Å². The maximum Gasteiger partial charge on any atom is 0.227 e. The van der Waals surface area contributed by atoms with Gasteiger partial charge in [-0.05, 0) is 33.2 Å². The summed E-state index contributed by atoms with van der Waals surface area (Å²) in [7, 11) is 1.95. The van der Waals surface area contributed by atoms with Crippen molar-refractivity contribution < 1.29 is 4.79 Å². The number of amides is 1. The quantitative estimate of drug-likeness (QED) is 0.303. The highest BCUT2D eigenvalue weighted by atomic mass is 32.1. The molecule has 0 radical (unpaired) electrons. The molecule has 39 heavy (non-hydrogen) atoms. The molecule has 0 atom stereocenters. The molecule has 12 heteroatoms. The average molecular weight is 549 g/mol. The number of aryl methyl sites for hydroxylation is 1. The van der Waals surface area contributed by atoms with Crippen LogP contribution in [0.25, 0.3) is 20.8 Å². The fourth-order valence-corrected chi connectivity index (χ4v) is 5.73. The summed E-state index contributed by atoms with van der Waals surface area (Å²) >= 11 is 1.61. The second kappa shape index (κ2) is 12.0. The van der Waals surface area contributed by atoms with Crippen LogP contribution in [0.4, 0.5) is 17.6 Å². The van der Waals surface area contributed by atoms with Crippen LogP contribution in [0.2, 0.25) is 0 Å². The van der Waals surface area contributed by atoms with E-state index in [1.54, 1.807) is 18.3 Å². The summed E-state index contributed by atoms with van der Waals surface area (Å²) in [5.74, 6) is 2.26. The Labute approximate surface area is 232 Å². The lowest BCUT2D eigenvalue weighted by Crippen LogP contribution is -2.37. The summed E-state index contributed by atoms with van der Waals surface area (Å²) in [5, 5.41) is 12.1. The number of nitrogens with zero attached hydrogens (tertiary/aromatic N) is 8. The van der Waals surface area contributed by atoms with Crippen molar-refractivity contribution in [2.75, 3.05) is 50.0 Å². The normalized spacial score (nSPS) is 14.2. The average Bonchev–Trinajstić information content (AvgIpc) is 3.58. The van der Waals surface area contributed by atoms with Gasteiger partial charge in [0.05, 0.1) is 22.5 Å². The predicted octanol–water partition coefficient (Wildman–Crippen LogP) is 4.02. The second-order valence-electron chi connectivity index (χ2n) is 9.91. The van der Waals surface area contributed by atoms with Gasteiger partial charge in [-0.25, -0.2) is 15.0 Å². The highest BCUT2D eigenvalue weighted by Gasteiger charge is 2.23. The van der Waals surface area contributed by atoms with E-state index in [-0.39, 0.29) is 5.91 Å². The molecule has 1 aliphatic rings. The lowest BCUT2D eigenvalue weighted by atomic mass is 10.1. The van der Waals surface area contributed by atoms with Crippen molar-refractivity contribution in [2.45, 2.75) is 46.1 Å². The van der Waals surface area contributed by atoms with Crippen molar-refractivity contribution in [3.05, 3.63) is 36.4 Å². The van der Waals surface area contributed by atoms with Crippen LogP contribution in [0, 0.1) is 6.92 Å². The van der Waals surface area contributed by atoms with E-state index in [4.69, 9.17) is 9.97 Å². The molecule has 1 amide bonds. The minimum absolute atomic E-state index is 0.143. The Morgan fingerprint density at radius 1 is 1.13 bits per heavy atom. The molecule has 4 aromatic heterocycles. The number of carbonyl (C=O) groups is 1. The first-order valence-electron chi connectivity index (χ1n) is 13.5. The summed E-state index contributed by atoms with van der Waals surface area (Å²) in [5.41, 5.74) is 2.77. The molecule has 11 nitrogen and oxygen atoms in total. The van der Waals surface area contributed by atoms with E-state index in [1.165, 1.54) is 0 Å². The molecule has 1 aliphatic heterocycles. The van der Waals surface area contributed by atoms with Gasteiger partial charge in [-0.15, -0.1) is 11.3 Å². The highest BCUT2D eigenvalue weighted by molar-refractivity contribution is 7.21. The number of carbonyl (C=O) groups excluding carboxylic acids is 1. The first-order chi connectivity index (χ1) is 18.9. The van der Waals surface area contributed by atoms with Gasteiger partial charge in [0.2, 0.25) is 11.9 Å². The molecule has 2 N–H and O–H groups in total. The molecular formula is C27H36N10OS. The third-order valence-corrected chi connectivity index (χ3v) is 7.97. The van der Waals surface area contributed by atoms with Crippen molar-refractivity contribution in [3.8, 4) is 10.6 Å². The molecule has 0 saturated carbocycles. The summed E-state index contributed by atoms with van der Waals surface area (Å²) in [6, 6.07) is 4.19. The van der Waals surface area contributed by atoms with Gasteiger partial charge in [-0.3, -0.25) is 9.48 Å². The highest BCUT2D eigenvalue weighted by Crippen LogP contribution is 2.32. The summed E-state index contributed by atoms with van der Waals surface area (Å²) in [6.45, 7) is 9.92. The number of fused-ring (bicyclic) bond motifs is 1. The molecule has 5 heterocycles. The Morgan fingerprint density at radius 3 is 2.69 bits per heavy atom. The van der Waals surface area contributed by atoms with Crippen molar-refractivity contribution in [1.82, 2.24) is 39.9 Å². The fraction of sp³-hybridized carbons (Fsp3) is 0.481. The van der Waals surface area contributed by atoms with E-state index in [1.807, 2.05) is 48.1 Å². The molecule has 0 aliphatic carbocycles. The molecule has 206 valence electrons. The maximum atomic E-state index is 11.6. The van der Waals surface area contributed by atoms with E-state index in [2.05, 4.69) is 43.7 Å². The summed E-state index contributed by atoms with van der Waals surface area (Å²) < 4.78 is 3.04. The van der Waals surface area contributed by atoms with E-state index < -0.39 is 0 Å². The van der Waals surface area contributed by atoms with Gasteiger partial charge in [-0.2, -0.15) is 10.1 Å². The van der Waals surface area contributed by atoms with Gasteiger partial charge in [-0.1, -0.05) is 6.92 Å². The molecule has 0 bridgehead atoms. The van der Waals surface area contributed by atoms with Crippen LogP contribution in [0.5, 0.6) is 0 Å². The smallest absolute Gasteiger partial charge is 0.227 e. The Bertz CT molecular complexity index is 1430. The zero-order valence-corrected chi connectivity index (χ0v) is 23.8. The predicted molar refractivity (Wildman–Crippen MR) is 156 cm³/mol. The Kier molecular flexibility index (Phi) is 8.32. The topological polar surface area (TPSA) is 117 Å². The Hall–Kier alpha value is -3.64. The third-order valence-electron chi connectivity index (χ3n) is 6.91. The number of pyridine rings is 1. The number of thiazole rings is 1. The molecule has 0 unspecified atom stereocenters. The molecule has 0 aromatic carbocycles. The Balaban J connectivity index is 1.31. The number of likely N-dealkylation sites (N-methyl/N-ethyl adjacent to an activating group) is 1. The number of hydrogen-bond acceptors (Lipinski definition) is 10. The molecular weight excluding hydrogens is 512 g/mol. The number of anilines is 3. The van der Waals surface area contributed by atoms with Crippen LogP contribution in [0.1, 0.15) is 44.8 Å². The van der Waals surface area contributed by atoms with Crippen molar-refractivity contribution in [1.29, 1.82) is 0 Å². The van der Waals surface area contributed by atoms with E-state index in [9.17, 15) is 4.79 Å². The first-order valence-corrected chi connectivity index (χ1v) is 14.3. The van der Waals surface area contributed by atoms with Crippen LogP contribution in [0.15, 0.2) is 30.7 Å². The van der Waals surface area contributed by atoms with Crippen molar-refractivity contribution >= 4 is 45.0 Å². The van der Waals surface area contributed by atoms with Gasteiger partial charge in [0.15, 0.2) is 0 Å². The number of likely N-dealkylation sites (tertiary alicyclic amines) is 1. The van der Waals surface area contributed by atoms with Gasteiger partial charge in [0.1, 0.15) is 16.6 Å². The zero-order valence-electron chi connectivity index (χ0n) is 23.0. The molecule has 1 saturated heterocycles. The number of nitrogens with one attached hydrogen (secondary N) is 2. The van der Waals surface area contributed by atoms with Crippen LogP contribution < -0.4 is 15.5 Å². The van der Waals surface area contributed by atoms with Crippen LogP contribution in [-0.2, 0) is 4.79 Å². The minimum Gasteiger partial charge on any atom is -0.343 e. The lowest BCUT2D eigenvalue weighted by molar-refractivity contribution is -0.130. The Morgan fingerprint density at radius 2 is 1.95 bits per heavy atom. The standard InChI is InChI=1S/C27H36N10OS/c1-5-9-36(12-8-28-4)27-31-18(2)13-25(34-27)33-24-14-22-23(16-29-24)39-26(32-22)20-15-30-37(17-20)21-6-10-35(11-7-21)19(3)38/h13-17,21,28H,5-12H2,1-4H3,(H,29,31,33,34). The molecule has 4 aromatic rings. The maximum absolute atomic E-state index is 11.6. The second-order valence-corrected chi connectivity index (χ2v) is 10.9. The minimum atomic E-state index is 0.143. The number of aromatic nitrogens is 6. The van der Waals surface area contributed by atoms with Gasteiger partial charge >= 0.3 is 0 Å². The van der Waals surface area contributed by atoms with E-state index >= 15 is 0 Å². The molecule has 1 fully saturated rings. The van der Waals surface area contributed by atoms with Crippen LogP contribution in [-0.4, -0.2) is 80.3 Å². The molecule has 5 rings (SSSR count). The lowest BCUT2D eigenvalue weighted by Gasteiger charge is -2.31. The molecule has 0 spiro atoms. The zero-order chi connectivity index (χ0) is 27.4. The summed E-state index contributed by atoms with van der Waals surface area (Å²) in [6.07, 6.45) is 8.64. The van der Waals surface area contributed by atoms with Gasteiger partial charge in [0.25, 0.3) is 0 Å². The van der Waals surface area contributed by atoms with Gasteiger partial charge < -0.3 is 20.4 Å². The number of rotatable bonds is 10. The van der Waals surface area contributed by atoms with Crippen molar-refractivity contribution in [2.24, 2.45) is 0 Å². The SMILES string of the molecule is CCCN(CCNC)c1nc(C)cc(Nc2cc3nc(-c4cnn(C5CCN(C(C)=O)CC5)c4)sc3cn2)n1. The van der Waals surface area contributed by atoms with Crippen LogP contribution in [0.3, 0.4) is 0 Å². The van der Waals surface area contributed by atoms with Gasteiger partial charge in [0, 0.05) is 75.4 Å². The first kappa shape index (κ1) is 26.9. The largest absolute Gasteiger partial charge is 0.343 e. The fourth-order valence-electron chi connectivity index (χ4n) is 4.84. The van der Waals surface area contributed by atoms with E-state index in [0.29, 0.717) is 17.7 Å². The number of piperidine rings is 1. The number of hydrogen-bond donors (Lipinski definition) is 2. The van der Waals surface area contributed by atoms with Crippen molar-refractivity contribution in [3.63, 3.8) is 0 Å². The monoisotopic (exact) mass is 548 g/mol. The summed E-state index contributed by atoms with van der Waals surface area (Å²) in [4.78, 5) is 34.7.